The van der Waals surface area contributed by atoms with Gasteiger partial charge in [0, 0.05) is 9.86 Å². The van der Waals surface area contributed by atoms with Crippen LogP contribution in [0.3, 0.4) is 0 Å². The molecule has 4 nitrogen and oxygen atoms in total. The highest BCUT2D eigenvalue weighted by molar-refractivity contribution is 9.10. The molecule has 0 radical (unpaired) electrons. The Bertz CT molecular complexity index is 877. The van der Waals surface area contributed by atoms with Crippen molar-refractivity contribution in [1.29, 1.82) is 0 Å². The maximum Gasteiger partial charge on any atom is 0.293 e. The van der Waals surface area contributed by atoms with E-state index in [2.05, 4.69) is 26.6 Å². The molecule has 23 heavy (non-hydrogen) atoms. The van der Waals surface area contributed by atoms with Gasteiger partial charge in [0.15, 0.2) is 10.9 Å². The standard InChI is InChI=1S/C16H10BrClN2O2S/c17-10-5-6-12(11(18)8-10)19-16(23)20-15(21)14-7-9-3-1-2-4-13(9)22-14/h1-8H,(H2,19,20,21,23). The van der Waals surface area contributed by atoms with Crippen LogP contribution in [0.2, 0.25) is 5.02 Å². The van der Waals surface area contributed by atoms with Gasteiger partial charge in [-0.15, -0.1) is 0 Å². The van der Waals surface area contributed by atoms with Gasteiger partial charge in [0.25, 0.3) is 5.91 Å². The summed E-state index contributed by atoms with van der Waals surface area (Å²) in [4.78, 5) is 12.2. The summed E-state index contributed by atoms with van der Waals surface area (Å²) in [6, 6.07) is 14.4. The zero-order chi connectivity index (χ0) is 16.4. The quantitative estimate of drug-likeness (QED) is 0.586. The molecule has 1 aromatic heterocycles. The normalized spacial score (nSPS) is 10.5. The van der Waals surface area contributed by atoms with E-state index in [0.29, 0.717) is 16.3 Å². The number of benzene rings is 2. The highest BCUT2D eigenvalue weighted by atomic mass is 79.9. The highest BCUT2D eigenvalue weighted by Gasteiger charge is 2.14. The van der Waals surface area contributed by atoms with Crippen LogP contribution in [0.15, 0.2) is 57.4 Å². The van der Waals surface area contributed by atoms with Gasteiger partial charge in [-0.05, 0) is 42.5 Å². The highest BCUT2D eigenvalue weighted by Crippen LogP contribution is 2.25. The third-order valence-corrected chi connectivity index (χ3v) is 4.07. The summed E-state index contributed by atoms with van der Waals surface area (Å²) in [6.07, 6.45) is 0. The Balaban J connectivity index is 1.70. The number of carbonyl (C=O) groups is 1. The molecule has 0 aliphatic rings. The molecule has 0 spiro atoms. The third-order valence-electron chi connectivity index (χ3n) is 3.06. The average Bonchev–Trinajstić information content (AvgIpc) is 2.94. The van der Waals surface area contributed by atoms with Crippen molar-refractivity contribution in [3.63, 3.8) is 0 Å². The van der Waals surface area contributed by atoms with Gasteiger partial charge in [-0.25, -0.2) is 0 Å². The van der Waals surface area contributed by atoms with E-state index >= 15 is 0 Å². The Morgan fingerprint density at radius 3 is 2.70 bits per heavy atom. The number of rotatable bonds is 2. The second-order valence-electron chi connectivity index (χ2n) is 4.68. The summed E-state index contributed by atoms with van der Waals surface area (Å²) in [5, 5.41) is 6.92. The Kier molecular flexibility index (Phi) is 4.66. The van der Waals surface area contributed by atoms with Crippen LogP contribution in [0, 0.1) is 0 Å². The number of furan rings is 1. The van der Waals surface area contributed by atoms with E-state index < -0.39 is 5.91 Å². The number of hydrogen-bond donors (Lipinski definition) is 2. The van der Waals surface area contributed by atoms with Crippen LogP contribution in [-0.4, -0.2) is 11.0 Å². The fourth-order valence-electron chi connectivity index (χ4n) is 2.00. The van der Waals surface area contributed by atoms with Gasteiger partial charge in [0.1, 0.15) is 5.58 Å². The second kappa shape index (κ2) is 6.70. The van der Waals surface area contributed by atoms with Crippen LogP contribution in [0.4, 0.5) is 5.69 Å². The molecule has 2 N–H and O–H groups in total. The van der Waals surface area contributed by atoms with Gasteiger partial charge in [0.05, 0.1) is 10.7 Å². The Morgan fingerprint density at radius 2 is 1.96 bits per heavy atom. The molecule has 0 bridgehead atoms. The molecular weight excluding hydrogens is 400 g/mol. The van der Waals surface area contributed by atoms with E-state index in [9.17, 15) is 4.79 Å². The minimum absolute atomic E-state index is 0.139. The van der Waals surface area contributed by atoms with Crippen molar-refractivity contribution in [3.05, 3.63) is 63.8 Å². The van der Waals surface area contributed by atoms with Crippen LogP contribution in [-0.2, 0) is 0 Å². The summed E-state index contributed by atoms with van der Waals surface area (Å²) in [6.45, 7) is 0. The van der Waals surface area contributed by atoms with Gasteiger partial charge in [-0.3, -0.25) is 10.1 Å². The number of carbonyl (C=O) groups excluding carboxylic acids is 1. The lowest BCUT2D eigenvalue weighted by Gasteiger charge is -2.10. The molecule has 1 heterocycles. The van der Waals surface area contributed by atoms with Crippen molar-refractivity contribution in [2.45, 2.75) is 0 Å². The molecule has 3 rings (SSSR count). The first-order chi connectivity index (χ1) is 11.0. The molecule has 0 aliphatic carbocycles. The third kappa shape index (κ3) is 3.72. The van der Waals surface area contributed by atoms with Crippen molar-refractivity contribution in [2.75, 3.05) is 5.32 Å². The molecule has 7 heteroatoms. The number of thiocarbonyl (C=S) groups is 1. The topological polar surface area (TPSA) is 54.3 Å². The zero-order valence-electron chi connectivity index (χ0n) is 11.6. The number of amides is 1. The molecule has 0 unspecified atom stereocenters. The molecule has 0 saturated carbocycles. The summed E-state index contributed by atoms with van der Waals surface area (Å²) in [5.41, 5.74) is 1.25. The van der Waals surface area contributed by atoms with E-state index in [0.717, 1.165) is 9.86 Å². The molecule has 0 atom stereocenters. The number of nitrogens with one attached hydrogen (secondary N) is 2. The Morgan fingerprint density at radius 1 is 1.17 bits per heavy atom. The molecule has 2 aromatic carbocycles. The van der Waals surface area contributed by atoms with Crippen molar-refractivity contribution in [1.82, 2.24) is 5.32 Å². The number of halogens is 2. The summed E-state index contributed by atoms with van der Waals surface area (Å²) in [5.74, 6) is -0.232. The smallest absolute Gasteiger partial charge is 0.293 e. The number of para-hydroxylation sites is 1. The molecule has 0 saturated heterocycles. The average molecular weight is 410 g/mol. The van der Waals surface area contributed by atoms with E-state index in [1.165, 1.54) is 0 Å². The second-order valence-corrected chi connectivity index (χ2v) is 6.41. The first-order valence-electron chi connectivity index (χ1n) is 6.59. The fourth-order valence-corrected chi connectivity index (χ4v) is 2.93. The van der Waals surface area contributed by atoms with Crippen LogP contribution in [0.25, 0.3) is 11.0 Å². The zero-order valence-corrected chi connectivity index (χ0v) is 14.8. The molecule has 116 valence electrons. The molecule has 1 amide bonds. The van der Waals surface area contributed by atoms with Crippen molar-refractivity contribution < 1.29 is 9.21 Å². The Hall–Kier alpha value is -1.89. The van der Waals surface area contributed by atoms with Gasteiger partial charge in [-0.1, -0.05) is 45.7 Å². The Labute approximate surface area is 150 Å². The van der Waals surface area contributed by atoms with Crippen molar-refractivity contribution in [3.8, 4) is 0 Å². The van der Waals surface area contributed by atoms with Gasteiger partial charge in [-0.2, -0.15) is 0 Å². The first-order valence-corrected chi connectivity index (χ1v) is 8.17. The van der Waals surface area contributed by atoms with Gasteiger partial charge in [0.2, 0.25) is 0 Å². The first kappa shape index (κ1) is 16.0. The predicted molar refractivity (Wildman–Crippen MR) is 99.1 cm³/mol. The fraction of sp³-hybridized carbons (Fsp3) is 0. The summed E-state index contributed by atoms with van der Waals surface area (Å²) in [7, 11) is 0. The number of anilines is 1. The lowest BCUT2D eigenvalue weighted by Crippen LogP contribution is -2.33. The number of hydrogen-bond acceptors (Lipinski definition) is 3. The lowest BCUT2D eigenvalue weighted by atomic mass is 10.2. The van der Waals surface area contributed by atoms with Crippen LogP contribution >= 0.6 is 39.7 Å². The molecule has 0 aliphatic heterocycles. The van der Waals surface area contributed by atoms with E-state index in [-0.39, 0.29) is 10.9 Å². The minimum Gasteiger partial charge on any atom is -0.451 e. The minimum atomic E-state index is -0.424. The maximum absolute atomic E-state index is 12.2. The molecule has 3 aromatic rings. The summed E-state index contributed by atoms with van der Waals surface area (Å²) >= 11 is 14.6. The molecular formula is C16H10BrClN2O2S. The largest absolute Gasteiger partial charge is 0.451 e. The maximum atomic E-state index is 12.2. The van der Waals surface area contributed by atoms with Crippen LogP contribution < -0.4 is 10.6 Å². The molecule has 0 fully saturated rings. The van der Waals surface area contributed by atoms with E-state index in [1.807, 2.05) is 24.3 Å². The lowest BCUT2D eigenvalue weighted by molar-refractivity contribution is 0.0953. The summed E-state index contributed by atoms with van der Waals surface area (Å²) < 4.78 is 6.34. The van der Waals surface area contributed by atoms with Gasteiger partial charge >= 0.3 is 0 Å². The number of fused-ring (bicyclic) bond motifs is 1. The predicted octanol–water partition coefficient (Wildman–Crippen LogP) is 4.98. The van der Waals surface area contributed by atoms with E-state index in [4.69, 9.17) is 28.2 Å². The van der Waals surface area contributed by atoms with Crippen LogP contribution in [0.1, 0.15) is 10.6 Å². The van der Waals surface area contributed by atoms with Crippen LogP contribution in [0.5, 0.6) is 0 Å². The monoisotopic (exact) mass is 408 g/mol. The van der Waals surface area contributed by atoms with Gasteiger partial charge < -0.3 is 9.73 Å². The SMILES string of the molecule is O=C(NC(=S)Nc1ccc(Br)cc1Cl)c1cc2ccccc2o1. The van der Waals surface area contributed by atoms with Crippen molar-refractivity contribution >= 4 is 67.4 Å². The van der Waals surface area contributed by atoms with Crippen molar-refractivity contribution in [2.24, 2.45) is 0 Å². The van der Waals surface area contributed by atoms with E-state index in [1.54, 1.807) is 24.3 Å².